The largest absolute Gasteiger partial charge is 0.476 e. The number of primary amides is 1. The van der Waals surface area contributed by atoms with Crippen LogP contribution in [0.2, 0.25) is 0 Å². The maximum atomic E-state index is 14.1. The van der Waals surface area contributed by atoms with E-state index in [4.69, 9.17) is 30.6 Å². The van der Waals surface area contributed by atoms with E-state index in [0.717, 1.165) is 118 Å². The molecule has 2 unspecified atom stereocenters. The fourth-order valence-corrected chi connectivity index (χ4v) is 19.1. The van der Waals surface area contributed by atoms with E-state index in [0.29, 0.717) is 41.7 Å². The number of likely N-dealkylation sites (tertiary alicyclic amines) is 1. The third-order valence-electron chi connectivity index (χ3n) is 21.2. The number of pyridine rings is 1. The van der Waals surface area contributed by atoms with Crippen LogP contribution in [0.15, 0.2) is 79.0 Å². The second kappa shape index (κ2) is 28.0. The van der Waals surface area contributed by atoms with Crippen LogP contribution < -0.4 is 37.2 Å². The summed E-state index contributed by atoms with van der Waals surface area (Å²) in [7, 11) is 0. The number of urea groups is 1. The number of benzene rings is 2. The van der Waals surface area contributed by atoms with Gasteiger partial charge in [0.1, 0.15) is 24.4 Å². The first-order valence-electron chi connectivity index (χ1n) is 34.4. The van der Waals surface area contributed by atoms with Gasteiger partial charge in [-0.15, -0.1) is 10.2 Å². The van der Waals surface area contributed by atoms with E-state index in [1.807, 2.05) is 66.6 Å². The minimum Gasteiger partial charge on any atom is -0.476 e. The molecule has 3 aliphatic heterocycles. The van der Waals surface area contributed by atoms with Crippen LogP contribution in [-0.2, 0) is 48.2 Å². The highest BCUT2D eigenvalue weighted by molar-refractivity contribution is 7.22. The van der Waals surface area contributed by atoms with Crippen molar-refractivity contribution in [3.05, 3.63) is 107 Å². The van der Waals surface area contributed by atoms with Gasteiger partial charge in [0, 0.05) is 90.2 Å². The van der Waals surface area contributed by atoms with Crippen molar-refractivity contribution in [1.82, 2.24) is 50.8 Å². The number of para-hydroxylation sites is 1. The van der Waals surface area contributed by atoms with Crippen LogP contribution in [0.5, 0.6) is 0 Å². The maximum absolute atomic E-state index is 14.1. The standard InChI is InChI=1S/C72H91N15O9S/c1-45(2)60(80-57(88)26-34-96-35-30-85-58(89)24-25-59(85)90)65(92)77-54(16-11-28-74-67(73)95)64(91)76-49-20-18-48(19-21-49)37-87(31-9-10-32-87)33-13-27-71-39-69(5)38-70(6,40-71)42-72(41-69,43-71)44-86-47(4)52(36-75-86)51-22-23-56(79-61(51)66(93)94)84-29-12-14-50-46(3)62(82-83-63(50)84)81-68-78-53-15-7-8-17-55(53)97-68/h7-8,15,17-25,36,45,54,60H,9-14,16,26-35,37-44H2,1-6H3,(H7-,73,74,76,77,78,80,81,82,88,91,92,93,94,95)/p+1/t54-,60-,69?,70?,71?,72?/m0/s1. The van der Waals surface area contributed by atoms with E-state index >= 15 is 0 Å². The van der Waals surface area contributed by atoms with Gasteiger partial charge in [-0.2, -0.15) is 5.10 Å². The molecule has 1 saturated heterocycles. The summed E-state index contributed by atoms with van der Waals surface area (Å²) in [5.74, 6) is -1.87. The van der Waals surface area contributed by atoms with E-state index in [-0.39, 0.29) is 72.4 Å². The topological polar surface area (TPSA) is 311 Å². The van der Waals surface area contributed by atoms with Gasteiger partial charge in [0.25, 0.3) is 11.8 Å². The van der Waals surface area contributed by atoms with E-state index < -0.39 is 53.6 Å². The van der Waals surface area contributed by atoms with Crippen molar-refractivity contribution >= 4 is 91.4 Å². The highest BCUT2D eigenvalue weighted by Crippen LogP contribution is 2.75. The van der Waals surface area contributed by atoms with Crippen LogP contribution in [0.3, 0.4) is 0 Å². The van der Waals surface area contributed by atoms with Gasteiger partial charge in [-0.25, -0.2) is 19.6 Å². The average molecular weight is 1340 g/mol. The molecule has 7 heterocycles. The lowest BCUT2D eigenvalue weighted by Crippen LogP contribution is -2.60. The highest BCUT2D eigenvalue weighted by Gasteiger charge is 2.65. The Kier molecular flexibility index (Phi) is 19.7. The Balaban J connectivity index is 0.670. The first-order chi connectivity index (χ1) is 46.4. The minimum atomic E-state index is -1.10. The number of thiazole rings is 1. The zero-order valence-corrected chi connectivity index (χ0v) is 57.5. The number of carbonyl (C=O) groups excluding carboxylic acids is 6. The monoisotopic (exact) mass is 1340 g/mol. The van der Waals surface area contributed by atoms with Gasteiger partial charge in [-0.3, -0.25) is 33.6 Å². The summed E-state index contributed by atoms with van der Waals surface area (Å²) in [5.41, 5.74) is 12.9. The van der Waals surface area contributed by atoms with Crippen LogP contribution >= 0.6 is 11.3 Å². The molecule has 24 nitrogen and oxygen atoms in total. The predicted octanol–water partition coefficient (Wildman–Crippen LogP) is 9.79. The zero-order chi connectivity index (χ0) is 68.4. The summed E-state index contributed by atoms with van der Waals surface area (Å²) >= 11 is 1.56. The van der Waals surface area contributed by atoms with Crippen molar-refractivity contribution < 1.29 is 47.9 Å². The van der Waals surface area contributed by atoms with Gasteiger partial charge in [-0.05, 0) is 155 Å². The van der Waals surface area contributed by atoms with Gasteiger partial charge in [0.2, 0.25) is 17.7 Å². The SMILES string of the molecule is Cc1c(Nc2nc3ccccc3s2)nnc2c1CCCN2c1ccc(-c2cnn(CC34CC5(C)CC(C)(CC(CCC[N+]6(Cc7ccc(NC(=O)[C@H](CCCNC(N)=O)NC(=O)[C@@H](NC(=O)CCOCCN8C(=O)C=CC8=O)C(C)C)cc7)CCCC6)(C5)C3)C4)c2C)c(C(=O)O)n1. The molecule has 97 heavy (non-hydrogen) atoms. The Morgan fingerprint density at radius 1 is 0.814 bits per heavy atom. The van der Waals surface area contributed by atoms with E-state index in [2.05, 4.69) is 69.3 Å². The number of carboxylic acid groups (broad SMARTS) is 1. The number of imide groups is 1. The van der Waals surface area contributed by atoms with Crippen LogP contribution in [0, 0.1) is 41.4 Å². The number of nitrogens with one attached hydrogen (secondary N) is 5. The van der Waals surface area contributed by atoms with Crippen molar-refractivity contribution in [3.63, 3.8) is 0 Å². The smallest absolute Gasteiger partial charge is 0.355 e. The number of aromatic nitrogens is 6. The number of hydrogen-bond donors (Lipinski definition) is 7. The van der Waals surface area contributed by atoms with Gasteiger partial charge in [-0.1, -0.05) is 63.3 Å². The number of rotatable bonds is 29. The molecule has 4 bridgehead atoms. The molecule has 6 aromatic rings. The predicted molar refractivity (Wildman–Crippen MR) is 370 cm³/mol. The van der Waals surface area contributed by atoms with Gasteiger partial charge in [0.05, 0.1) is 55.8 Å². The third-order valence-corrected chi connectivity index (χ3v) is 22.2. The molecule has 13 rings (SSSR count). The lowest BCUT2D eigenvalue weighted by atomic mass is 9.35. The summed E-state index contributed by atoms with van der Waals surface area (Å²) in [4.78, 5) is 102. The normalized spacial score (nSPS) is 22.8. The van der Waals surface area contributed by atoms with Gasteiger partial charge < -0.3 is 51.5 Å². The van der Waals surface area contributed by atoms with Crippen LogP contribution in [0.1, 0.15) is 150 Å². The van der Waals surface area contributed by atoms with E-state index in [1.54, 1.807) is 25.2 Å². The fourth-order valence-electron chi connectivity index (χ4n) is 18.2. The minimum absolute atomic E-state index is 0.00134. The lowest BCUT2D eigenvalue weighted by molar-refractivity contribution is -0.930. The Bertz CT molecular complexity index is 3960. The fraction of sp³-hybridized carbons (Fsp3) is 0.528. The first-order valence-corrected chi connectivity index (χ1v) is 35.2. The Labute approximate surface area is 569 Å². The van der Waals surface area contributed by atoms with Gasteiger partial charge >= 0.3 is 12.0 Å². The molecular formula is C72H92N15O9S+. The van der Waals surface area contributed by atoms with Crippen molar-refractivity contribution in [2.45, 2.75) is 163 Å². The number of quaternary nitrogens is 1. The average Bonchev–Trinajstić information content (AvgIpc) is 1.25. The van der Waals surface area contributed by atoms with Crippen LogP contribution in [-0.4, -0.2) is 151 Å². The molecule has 7 aliphatic rings. The van der Waals surface area contributed by atoms with Crippen molar-refractivity contribution in [3.8, 4) is 11.1 Å². The summed E-state index contributed by atoms with van der Waals surface area (Å²) in [6.45, 7) is 18.7. The Morgan fingerprint density at radius 3 is 2.26 bits per heavy atom. The molecular weight excluding hydrogens is 1250 g/mol. The van der Waals surface area contributed by atoms with Crippen molar-refractivity contribution in [2.75, 3.05) is 68.0 Å². The molecule has 4 atom stereocenters. The number of hydrogen-bond acceptors (Lipinski definition) is 16. The second-order valence-electron chi connectivity index (χ2n) is 29.7. The number of aromatic carboxylic acids is 1. The van der Waals surface area contributed by atoms with Crippen LogP contribution in [0.25, 0.3) is 21.3 Å². The van der Waals surface area contributed by atoms with Crippen molar-refractivity contribution in [2.24, 2.45) is 33.3 Å². The lowest BCUT2D eigenvalue weighted by Gasteiger charge is -2.70. The molecule has 0 radical (unpaired) electrons. The van der Waals surface area contributed by atoms with Crippen LogP contribution in [0.4, 0.5) is 33.1 Å². The Hall–Kier alpha value is -8.68. The summed E-state index contributed by atoms with van der Waals surface area (Å²) < 4.78 is 9.77. The number of fused-ring (bicyclic) bond motifs is 2. The molecule has 25 heteroatoms. The molecule has 7 amide bonds. The number of ether oxygens (including phenoxy) is 1. The third kappa shape index (κ3) is 15.2. The number of anilines is 5. The summed E-state index contributed by atoms with van der Waals surface area (Å²) in [5, 5.41) is 40.6. The number of nitrogens with two attached hydrogens (primary N) is 1. The molecule has 2 aromatic carbocycles. The van der Waals surface area contributed by atoms with Crippen molar-refractivity contribution in [1.29, 1.82) is 0 Å². The molecule has 514 valence electrons. The Morgan fingerprint density at radius 2 is 1.55 bits per heavy atom. The molecule has 0 spiro atoms. The molecule has 4 saturated carbocycles. The molecule has 4 aromatic heterocycles. The molecule has 8 N–H and O–H groups in total. The highest BCUT2D eigenvalue weighted by atomic mass is 32.1. The maximum Gasteiger partial charge on any atom is 0.355 e. The molecule has 4 aliphatic carbocycles. The quantitative estimate of drug-likeness (QED) is 0.0130. The summed E-state index contributed by atoms with van der Waals surface area (Å²) in [6, 6.07) is 17.1. The number of carboxylic acids is 1. The number of amides is 7. The van der Waals surface area contributed by atoms with Gasteiger partial charge in [0.15, 0.2) is 22.5 Å². The van der Waals surface area contributed by atoms with E-state index in [9.17, 15) is 38.7 Å². The summed E-state index contributed by atoms with van der Waals surface area (Å²) in [6.07, 6.45) is 18.1. The molecule has 5 fully saturated rings. The van der Waals surface area contributed by atoms with E-state index in [1.165, 1.54) is 56.2 Å². The second-order valence-corrected chi connectivity index (χ2v) is 30.7. The number of carbonyl (C=O) groups is 7. The first kappa shape index (κ1) is 68.3. The number of nitrogens with zero attached hydrogens (tertiary/aromatic N) is 9. The zero-order valence-electron chi connectivity index (χ0n) is 56.6.